The zero-order chi connectivity index (χ0) is 28.3. The number of rotatable bonds is 15. The van der Waals surface area contributed by atoms with E-state index in [-0.39, 0.29) is 18.7 Å². The summed E-state index contributed by atoms with van der Waals surface area (Å²) in [6, 6.07) is 24.3. The highest BCUT2D eigenvalue weighted by Crippen LogP contribution is 2.37. The summed E-state index contributed by atoms with van der Waals surface area (Å²) >= 11 is 0. The van der Waals surface area contributed by atoms with Crippen LogP contribution in [0.15, 0.2) is 72.8 Å². The summed E-state index contributed by atoms with van der Waals surface area (Å²) < 4.78 is 13.2. The second-order valence-corrected chi connectivity index (χ2v) is 9.95. The normalized spacial score (nSPS) is 10.9. The summed E-state index contributed by atoms with van der Waals surface area (Å²) in [6.07, 6.45) is 4.86. The summed E-state index contributed by atoms with van der Waals surface area (Å²) in [4.78, 5) is 23.9. The summed E-state index contributed by atoms with van der Waals surface area (Å²) in [7, 11) is 3.31. The Morgan fingerprint density at radius 2 is 1.50 bits per heavy atom. The van der Waals surface area contributed by atoms with Crippen LogP contribution in [0.3, 0.4) is 0 Å². The van der Waals surface area contributed by atoms with Gasteiger partial charge in [-0.2, -0.15) is 0 Å². The minimum Gasteiger partial charge on any atom is -0.497 e. The smallest absolute Gasteiger partial charge is 0.303 e. The van der Waals surface area contributed by atoms with E-state index in [1.165, 1.54) is 5.56 Å². The molecule has 4 rings (SSSR count). The number of benzene rings is 3. The summed E-state index contributed by atoms with van der Waals surface area (Å²) in [5.41, 5.74) is 5.18. The predicted octanol–water partition coefficient (Wildman–Crippen LogP) is 6.46. The molecule has 7 nitrogen and oxygen atoms in total. The Morgan fingerprint density at radius 1 is 0.825 bits per heavy atom. The third-order valence-corrected chi connectivity index (χ3v) is 7.15. The standard InChI is InChI=1S/C33H38N2O5/c1-39-26-16-14-25(15-17-26)33-29(22-31(36)34-20-10-5-3-4-9-13-32(37)38)28-21-27(40-2)18-19-30(28)35(33)23-24-11-7-6-8-12-24/h6-8,11-12,14-19,21H,3-5,9-10,13,20,22-23H2,1-2H3,(H,34,36)(H,37,38). The van der Waals surface area contributed by atoms with Crippen molar-refractivity contribution in [1.29, 1.82) is 0 Å². The van der Waals surface area contributed by atoms with E-state index in [0.29, 0.717) is 19.5 Å². The van der Waals surface area contributed by atoms with E-state index in [4.69, 9.17) is 14.6 Å². The van der Waals surface area contributed by atoms with Gasteiger partial charge in [-0.3, -0.25) is 9.59 Å². The molecule has 4 aromatic rings. The molecule has 0 bridgehead atoms. The number of carbonyl (C=O) groups is 2. The van der Waals surface area contributed by atoms with Crippen LogP contribution in [0.1, 0.15) is 49.7 Å². The molecule has 1 heterocycles. The van der Waals surface area contributed by atoms with E-state index < -0.39 is 5.97 Å². The van der Waals surface area contributed by atoms with E-state index in [9.17, 15) is 9.59 Å². The first-order chi connectivity index (χ1) is 19.5. The van der Waals surface area contributed by atoms with Crippen molar-refractivity contribution in [3.63, 3.8) is 0 Å². The van der Waals surface area contributed by atoms with Gasteiger partial charge in [-0.1, -0.05) is 49.6 Å². The fourth-order valence-electron chi connectivity index (χ4n) is 5.10. The van der Waals surface area contributed by atoms with Gasteiger partial charge in [0.15, 0.2) is 0 Å². The number of amides is 1. The van der Waals surface area contributed by atoms with Crippen molar-refractivity contribution in [2.45, 2.75) is 51.5 Å². The molecule has 2 N–H and O–H groups in total. The molecule has 0 aliphatic rings. The number of methoxy groups -OCH3 is 2. The van der Waals surface area contributed by atoms with E-state index in [1.54, 1.807) is 14.2 Å². The average molecular weight is 543 g/mol. The number of unbranched alkanes of at least 4 members (excludes halogenated alkanes) is 4. The van der Waals surface area contributed by atoms with Crippen LogP contribution in [0.4, 0.5) is 0 Å². The quantitative estimate of drug-likeness (QED) is 0.168. The van der Waals surface area contributed by atoms with Gasteiger partial charge in [-0.15, -0.1) is 0 Å². The van der Waals surface area contributed by atoms with Gasteiger partial charge in [-0.05, 0) is 72.0 Å². The molecule has 0 spiro atoms. The van der Waals surface area contributed by atoms with E-state index in [2.05, 4.69) is 28.1 Å². The van der Waals surface area contributed by atoms with Crippen LogP contribution < -0.4 is 14.8 Å². The zero-order valence-electron chi connectivity index (χ0n) is 23.3. The molecule has 1 amide bonds. The van der Waals surface area contributed by atoms with Crippen LogP contribution in [0.2, 0.25) is 0 Å². The van der Waals surface area contributed by atoms with E-state index >= 15 is 0 Å². The molecular formula is C33H38N2O5. The minimum atomic E-state index is -0.746. The molecule has 0 saturated carbocycles. The fourth-order valence-corrected chi connectivity index (χ4v) is 5.10. The third-order valence-electron chi connectivity index (χ3n) is 7.15. The van der Waals surface area contributed by atoms with E-state index in [1.807, 2.05) is 54.6 Å². The topological polar surface area (TPSA) is 89.8 Å². The Labute approximate surface area is 235 Å². The number of carboxylic acids is 1. The molecule has 0 aliphatic heterocycles. The zero-order valence-corrected chi connectivity index (χ0v) is 23.3. The molecule has 0 radical (unpaired) electrons. The fraction of sp³-hybridized carbons (Fsp3) is 0.333. The van der Waals surface area contributed by atoms with Crippen molar-refractivity contribution in [3.8, 4) is 22.8 Å². The maximum absolute atomic E-state index is 13.2. The lowest BCUT2D eigenvalue weighted by atomic mass is 10.0. The Morgan fingerprint density at radius 3 is 2.20 bits per heavy atom. The molecular weight excluding hydrogens is 504 g/mol. The first-order valence-electron chi connectivity index (χ1n) is 13.9. The van der Waals surface area contributed by atoms with Crippen LogP contribution in [-0.4, -0.2) is 42.3 Å². The number of carboxylic acid groups (broad SMARTS) is 1. The van der Waals surface area contributed by atoms with Crippen molar-refractivity contribution < 1.29 is 24.2 Å². The van der Waals surface area contributed by atoms with Crippen molar-refractivity contribution in [1.82, 2.24) is 9.88 Å². The summed E-state index contributed by atoms with van der Waals surface area (Å²) in [6.45, 7) is 1.26. The lowest BCUT2D eigenvalue weighted by Crippen LogP contribution is -2.26. The van der Waals surface area contributed by atoms with Gasteiger partial charge >= 0.3 is 5.97 Å². The molecule has 210 valence electrons. The van der Waals surface area contributed by atoms with Crippen molar-refractivity contribution >= 4 is 22.8 Å². The van der Waals surface area contributed by atoms with Gasteiger partial charge in [0, 0.05) is 30.4 Å². The highest BCUT2D eigenvalue weighted by Gasteiger charge is 2.22. The van der Waals surface area contributed by atoms with Crippen LogP contribution in [0.5, 0.6) is 11.5 Å². The van der Waals surface area contributed by atoms with Crippen LogP contribution in [0.25, 0.3) is 22.2 Å². The molecule has 3 aromatic carbocycles. The Kier molecular flexibility index (Phi) is 10.2. The highest BCUT2D eigenvalue weighted by molar-refractivity contribution is 5.96. The molecule has 7 heteroatoms. The van der Waals surface area contributed by atoms with Gasteiger partial charge < -0.3 is 24.5 Å². The molecule has 40 heavy (non-hydrogen) atoms. The molecule has 0 saturated heterocycles. The molecule has 1 aromatic heterocycles. The van der Waals surface area contributed by atoms with Crippen LogP contribution in [0, 0.1) is 0 Å². The van der Waals surface area contributed by atoms with Crippen LogP contribution >= 0.6 is 0 Å². The SMILES string of the molecule is COc1ccc(-c2c(CC(=O)NCCCCCCCC(=O)O)c3cc(OC)ccc3n2Cc2ccccc2)cc1. The van der Waals surface area contributed by atoms with Crippen molar-refractivity contribution in [3.05, 3.63) is 83.9 Å². The number of hydrogen-bond donors (Lipinski definition) is 2. The predicted molar refractivity (Wildman–Crippen MR) is 158 cm³/mol. The number of aliphatic carboxylic acids is 1. The maximum Gasteiger partial charge on any atom is 0.303 e. The van der Waals surface area contributed by atoms with Crippen LogP contribution in [-0.2, 0) is 22.6 Å². The monoisotopic (exact) mass is 542 g/mol. The maximum atomic E-state index is 13.2. The number of aromatic nitrogens is 1. The van der Waals surface area contributed by atoms with Gasteiger partial charge in [0.05, 0.1) is 26.3 Å². The lowest BCUT2D eigenvalue weighted by molar-refractivity contribution is -0.137. The number of hydrogen-bond acceptors (Lipinski definition) is 4. The van der Waals surface area contributed by atoms with Crippen molar-refractivity contribution in [2.24, 2.45) is 0 Å². The van der Waals surface area contributed by atoms with Gasteiger partial charge in [-0.25, -0.2) is 0 Å². The number of fused-ring (bicyclic) bond motifs is 1. The summed E-state index contributed by atoms with van der Waals surface area (Å²) in [5, 5.41) is 12.9. The average Bonchev–Trinajstić information content (AvgIpc) is 3.26. The first kappa shape index (κ1) is 28.7. The van der Waals surface area contributed by atoms with E-state index in [0.717, 1.165) is 64.9 Å². The highest BCUT2D eigenvalue weighted by atomic mass is 16.5. The van der Waals surface area contributed by atoms with Gasteiger partial charge in [0.2, 0.25) is 5.91 Å². The minimum absolute atomic E-state index is 0.0257. The largest absolute Gasteiger partial charge is 0.497 e. The summed E-state index contributed by atoms with van der Waals surface area (Å²) in [5.74, 6) is 0.750. The Hall–Kier alpha value is -4.26. The van der Waals surface area contributed by atoms with Gasteiger partial charge in [0.1, 0.15) is 11.5 Å². The number of ether oxygens (including phenoxy) is 2. The molecule has 0 fully saturated rings. The lowest BCUT2D eigenvalue weighted by Gasteiger charge is -2.14. The molecule has 0 atom stereocenters. The number of nitrogens with one attached hydrogen (secondary N) is 1. The second kappa shape index (κ2) is 14.2. The first-order valence-corrected chi connectivity index (χ1v) is 13.9. The van der Waals surface area contributed by atoms with Crippen molar-refractivity contribution in [2.75, 3.05) is 20.8 Å². The molecule has 0 unspecified atom stereocenters. The second-order valence-electron chi connectivity index (χ2n) is 9.95. The van der Waals surface area contributed by atoms with Gasteiger partial charge in [0.25, 0.3) is 0 Å². The molecule has 0 aliphatic carbocycles. The third kappa shape index (κ3) is 7.44. The number of nitrogens with zero attached hydrogens (tertiary/aromatic N) is 1. The Balaban J connectivity index is 1.61. The Bertz CT molecular complexity index is 1410. The number of carbonyl (C=O) groups excluding carboxylic acids is 1.